The van der Waals surface area contributed by atoms with Crippen LogP contribution >= 0.6 is 0 Å². The zero-order valence-electron chi connectivity index (χ0n) is 16.6. The first-order valence-electron chi connectivity index (χ1n) is 9.73. The Morgan fingerprint density at radius 2 is 1.48 bits per heavy atom. The first kappa shape index (κ1) is 17.5. The fraction of sp³-hybridized carbons (Fsp3) is 0.167. The maximum atomic E-state index is 13.5. The number of hydrogen-bond donors (Lipinski definition) is 2. The molecule has 0 amide bonds. The van der Waals surface area contributed by atoms with Crippen molar-refractivity contribution in [3.8, 4) is 0 Å². The van der Waals surface area contributed by atoms with E-state index < -0.39 is 0 Å². The molecule has 0 saturated heterocycles. The number of pyridine rings is 2. The number of aromatic amines is 2. The molecule has 5 rings (SSSR count). The van der Waals surface area contributed by atoms with Crippen LogP contribution in [0.2, 0.25) is 0 Å². The number of rotatable bonds is 2. The zero-order valence-corrected chi connectivity index (χ0v) is 16.6. The Morgan fingerprint density at radius 3 is 2.21 bits per heavy atom. The van der Waals surface area contributed by atoms with Crippen molar-refractivity contribution in [3.05, 3.63) is 74.5 Å². The third kappa shape index (κ3) is 2.47. The van der Waals surface area contributed by atoms with Gasteiger partial charge in [0, 0.05) is 41.5 Å². The molecule has 2 aromatic heterocycles. The number of aromatic nitrogens is 2. The summed E-state index contributed by atoms with van der Waals surface area (Å²) in [4.78, 5) is 35.3. The molecule has 0 aliphatic heterocycles. The summed E-state index contributed by atoms with van der Waals surface area (Å²) in [5.74, 6) is 0. The predicted octanol–water partition coefficient (Wildman–Crippen LogP) is 4.30. The van der Waals surface area contributed by atoms with Gasteiger partial charge >= 0.3 is 0 Å². The lowest BCUT2D eigenvalue weighted by Crippen LogP contribution is -2.15. The van der Waals surface area contributed by atoms with Crippen molar-refractivity contribution < 1.29 is 0 Å². The predicted molar refractivity (Wildman–Crippen MR) is 121 cm³/mol. The summed E-state index contributed by atoms with van der Waals surface area (Å²) < 4.78 is 0. The minimum absolute atomic E-state index is 0.0244. The highest BCUT2D eigenvalue weighted by molar-refractivity contribution is 6.05. The molecule has 2 N–H and O–H groups in total. The smallest absolute Gasteiger partial charge is 0.199 e. The quantitative estimate of drug-likeness (QED) is 0.447. The molecule has 0 saturated carbocycles. The van der Waals surface area contributed by atoms with E-state index in [2.05, 4.69) is 23.0 Å². The van der Waals surface area contributed by atoms with Crippen LogP contribution in [0.4, 0.5) is 5.69 Å². The third-order valence-corrected chi connectivity index (χ3v) is 5.71. The van der Waals surface area contributed by atoms with Crippen LogP contribution < -0.4 is 15.8 Å². The molecule has 3 aromatic carbocycles. The maximum absolute atomic E-state index is 13.5. The molecule has 0 bridgehead atoms. The minimum Gasteiger partial charge on any atom is -0.377 e. The summed E-state index contributed by atoms with van der Waals surface area (Å²) in [5, 5.41) is 2.48. The summed E-state index contributed by atoms with van der Waals surface area (Å²) in [6.07, 6.45) is 0.810. The molecule has 0 aliphatic rings. The fourth-order valence-corrected chi connectivity index (χ4v) is 4.21. The second-order valence-electron chi connectivity index (χ2n) is 7.64. The van der Waals surface area contributed by atoms with Gasteiger partial charge in [-0.3, -0.25) is 9.59 Å². The summed E-state index contributed by atoms with van der Waals surface area (Å²) in [7, 11) is 3.88. The van der Waals surface area contributed by atoms with E-state index in [1.54, 1.807) is 12.1 Å². The number of hydrogen-bond acceptors (Lipinski definition) is 3. The highest BCUT2D eigenvalue weighted by atomic mass is 16.1. The van der Waals surface area contributed by atoms with Crippen molar-refractivity contribution in [2.75, 3.05) is 19.0 Å². The Balaban J connectivity index is 2.01. The van der Waals surface area contributed by atoms with Gasteiger partial charge < -0.3 is 14.9 Å². The van der Waals surface area contributed by atoms with Gasteiger partial charge in [0.25, 0.3) is 0 Å². The first-order valence-corrected chi connectivity index (χ1v) is 9.73. The van der Waals surface area contributed by atoms with Crippen molar-refractivity contribution in [2.24, 2.45) is 0 Å². The molecule has 29 heavy (non-hydrogen) atoms. The number of para-hydroxylation sites is 1. The highest BCUT2D eigenvalue weighted by Crippen LogP contribution is 2.28. The lowest BCUT2D eigenvalue weighted by Gasteiger charge is -2.17. The SMILES string of the molecule is CCc1ccc(N(C)C)c2c(=O)c3cc4[nH]c5ccccc5c(=O)c4cc3[nH]c12. The maximum Gasteiger partial charge on any atom is 0.199 e. The van der Waals surface area contributed by atoms with E-state index in [0.717, 1.165) is 28.7 Å². The highest BCUT2D eigenvalue weighted by Gasteiger charge is 2.15. The summed E-state index contributed by atoms with van der Waals surface area (Å²) in [6, 6.07) is 15.1. The van der Waals surface area contributed by atoms with Gasteiger partial charge in [0.05, 0.1) is 21.9 Å². The molecule has 0 aliphatic carbocycles. The second-order valence-corrected chi connectivity index (χ2v) is 7.64. The number of aryl methyl sites for hydroxylation is 1. The molecule has 5 nitrogen and oxygen atoms in total. The zero-order chi connectivity index (χ0) is 20.3. The normalized spacial score (nSPS) is 11.7. The molecule has 0 fully saturated rings. The Labute approximate surface area is 166 Å². The number of benzene rings is 3. The Hall–Kier alpha value is -3.60. The lowest BCUT2D eigenvalue weighted by atomic mass is 10.0. The fourth-order valence-electron chi connectivity index (χ4n) is 4.21. The van der Waals surface area contributed by atoms with Crippen LogP contribution in [0.15, 0.2) is 58.1 Å². The van der Waals surface area contributed by atoms with E-state index in [9.17, 15) is 9.59 Å². The monoisotopic (exact) mass is 383 g/mol. The van der Waals surface area contributed by atoms with Gasteiger partial charge in [0.15, 0.2) is 10.9 Å². The van der Waals surface area contributed by atoms with Crippen molar-refractivity contribution in [3.63, 3.8) is 0 Å². The van der Waals surface area contributed by atoms with Crippen LogP contribution in [0.3, 0.4) is 0 Å². The van der Waals surface area contributed by atoms with Crippen molar-refractivity contribution in [1.29, 1.82) is 0 Å². The first-order chi connectivity index (χ1) is 14.0. The van der Waals surface area contributed by atoms with E-state index in [0.29, 0.717) is 32.6 Å². The molecular formula is C24H21N3O2. The van der Waals surface area contributed by atoms with E-state index in [1.807, 2.05) is 49.3 Å². The summed E-state index contributed by atoms with van der Waals surface area (Å²) in [6.45, 7) is 2.07. The Morgan fingerprint density at radius 1 is 0.793 bits per heavy atom. The molecule has 144 valence electrons. The van der Waals surface area contributed by atoms with Crippen LogP contribution in [-0.2, 0) is 6.42 Å². The molecule has 5 heteroatoms. The largest absolute Gasteiger partial charge is 0.377 e. The van der Waals surface area contributed by atoms with E-state index in [4.69, 9.17) is 0 Å². The summed E-state index contributed by atoms with van der Waals surface area (Å²) >= 11 is 0. The lowest BCUT2D eigenvalue weighted by molar-refractivity contribution is 1.12. The number of anilines is 1. The van der Waals surface area contributed by atoms with Gasteiger partial charge in [0.2, 0.25) is 0 Å². The molecule has 0 spiro atoms. The molecule has 0 radical (unpaired) electrons. The average molecular weight is 383 g/mol. The Kier molecular flexibility index (Phi) is 3.74. The third-order valence-electron chi connectivity index (χ3n) is 5.71. The van der Waals surface area contributed by atoms with Crippen LogP contribution in [0, 0.1) is 0 Å². The van der Waals surface area contributed by atoms with Gasteiger partial charge in [-0.25, -0.2) is 0 Å². The van der Waals surface area contributed by atoms with Crippen LogP contribution in [0.5, 0.6) is 0 Å². The molecule has 0 unspecified atom stereocenters. The van der Waals surface area contributed by atoms with Gasteiger partial charge in [-0.2, -0.15) is 0 Å². The van der Waals surface area contributed by atoms with Gasteiger partial charge in [-0.15, -0.1) is 0 Å². The number of nitrogens with zero attached hydrogens (tertiary/aromatic N) is 1. The van der Waals surface area contributed by atoms with Crippen molar-refractivity contribution in [1.82, 2.24) is 9.97 Å². The van der Waals surface area contributed by atoms with Crippen LogP contribution in [-0.4, -0.2) is 24.1 Å². The molecule has 0 atom stereocenters. The topological polar surface area (TPSA) is 69.0 Å². The number of H-pyrrole nitrogens is 2. The van der Waals surface area contributed by atoms with Crippen LogP contribution in [0.1, 0.15) is 12.5 Å². The van der Waals surface area contributed by atoms with Gasteiger partial charge in [0.1, 0.15) is 0 Å². The van der Waals surface area contributed by atoms with Gasteiger partial charge in [-0.05, 0) is 42.3 Å². The van der Waals surface area contributed by atoms with Crippen molar-refractivity contribution >= 4 is 49.3 Å². The van der Waals surface area contributed by atoms with E-state index in [1.165, 1.54) is 0 Å². The number of nitrogens with one attached hydrogen (secondary N) is 2. The van der Waals surface area contributed by atoms with Crippen molar-refractivity contribution in [2.45, 2.75) is 13.3 Å². The van der Waals surface area contributed by atoms with Gasteiger partial charge in [-0.1, -0.05) is 25.1 Å². The molecule has 2 heterocycles. The number of fused-ring (bicyclic) bond motifs is 4. The molecular weight excluding hydrogens is 362 g/mol. The van der Waals surface area contributed by atoms with E-state index in [-0.39, 0.29) is 10.9 Å². The second kappa shape index (κ2) is 6.21. The van der Waals surface area contributed by atoms with Crippen LogP contribution in [0.25, 0.3) is 43.6 Å². The minimum atomic E-state index is -0.0325. The molecule has 5 aromatic rings. The average Bonchev–Trinajstić information content (AvgIpc) is 2.72. The standard InChI is InChI=1S/C24H21N3O2/c1-4-13-9-10-20(27(2)3)21-22(13)26-19-11-15-18(12-16(19)24(21)29)25-17-8-6-5-7-14(17)23(15)28/h5-12H,4H2,1-3H3,(H,25,28)(H,26,29). The van der Waals surface area contributed by atoms with E-state index >= 15 is 0 Å². The Bertz CT molecular complexity index is 1560. The summed E-state index contributed by atoms with van der Waals surface area (Å²) in [5.41, 5.74) is 4.87.